The summed E-state index contributed by atoms with van der Waals surface area (Å²) in [5, 5.41) is 6.47. The van der Waals surface area contributed by atoms with Gasteiger partial charge in [-0.3, -0.25) is 14.5 Å². The van der Waals surface area contributed by atoms with Crippen molar-refractivity contribution in [3.05, 3.63) is 42.0 Å². The standard InChI is InChI=1S/C23H30N4O3/c1-3-24-23(26-14-17-7-5-6-8-18(17)30-4-2)25-11-12-27-21(28)19-15-9-10-16(13-15)20(19)22(27)29/h5-10,15-16,19-20H,3-4,11-14H2,1-2H3,(H2,24,25,26). The minimum Gasteiger partial charge on any atom is -0.494 e. The number of fused-ring (bicyclic) bond motifs is 5. The number of ether oxygens (including phenoxy) is 1. The Bertz CT molecular complexity index is 836. The predicted molar refractivity (Wildman–Crippen MR) is 115 cm³/mol. The Morgan fingerprint density at radius 2 is 1.80 bits per heavy atom. The summed E-state index contributed by atoms with van der Waals surface area (Å²) in [4.78, 5) is 31.6. The molecular weight excluding hydrogens is 380 g/mol. The quantitative estimate of drug-likeness (QED) is 0.296. The number of carbonyl (C=O) groups excluding carboxylic acids is 2. The first-order chi connectivity index (χ1) is 14.6. The summed E-state index contributed by atoms with van der Waals surface area (Å²) in [6.45, 7) is 6.61. The number of guanidine groups is 1. The third-order valence-corrected chi connectivity index (χ3v) is 6.21. The van der Waals surface area contributed by atoms with Gasteiger partial charge in [-0.15, -0.1) is 0 Å². The summed E-state index contributed by atoms with van der Waals surface area (Å²) in [7, 11) is 0. The lowest BCUT2D eigenvalue weighted by atomic mass is 9.85. The van der Waals surface area contributed by atoms with Crippen LogP contribution in [0.5, 0.6) is 5.75 Å². The van der Waals surface area contributed by atoms with E-state index in [1.165, 1.54) is 4.90 Å². The van der Waals surface area contributed by atoms with Crippen molar-refractivity contribution in [1.29, 1.82) is 0 Å². The molecule has 4 unspecified atom stereocenters. The number of carbonyl (C=O) groups is 2. The zero-order valence-electron chi connectivity index (χ0n) is 17.6. The molecule has 0 spiro atoms. The van der Waals surface area contributed by atoms with E-state index in [4.69, 9.17) is 4.74 Å². The van der Waals surface area contributed by atoms with Gasteiger partial charge in [0, 0.05) is 25.2 Å². The largest absolute Gasteiger partial charge is 0.494 e. The first-order valence-electron chi connectivity index (χ1n) is 10.9. The lowest BCUT2D eigenvalue weighted by Crippen LogP contribution is -2.43. The minimum absolute atomic E-state index is 0.00349. The van der Waals surface area contributed by atoms with Crippen molar-refractivity contribution in [2.75, 3.05) is 26.2 Å². The Labute approximate surface area is 177 Å². The van der Waals surface area contributed by atoms with E-state index in [9.17, 15) is 9.59 Å². The van der Waals surface area contributed by atoms with Gasteiger partial charge in [-0.05, 0) is 38.2 Å². The molecule has 160 valence electrons. The number of benzene rings is 1. The van der Waals surface area contributed by atoms with E-state index < -0.39 is 0 Å². The molecule has 30 heavy (non-hydrogen) atoms. The van der Waals surface area contributed by atoms with Gasteiger partial charge >= 0.3 is 0 Å². The molecule has 7 heteroatoms. The summed E-state index contributed by atoms with van der Waals surface area (Å²) < 4.78 is 5.66. The van der Waals surface area contributed by atoms with Gasteiger partial charge < -0.3 is 15.4 Å². The second kappa shape index (κ2) is 8.90. The molecular formula is C23H30N4O3. The smallest absolute Gasteiger partial charge is 0.233 e. The van der Waals surface area contributed by atoms with Crippen molar-refractivity contribution in [2.45, 2.75) is 26.8 Å². The Kier molecular flexibility index (Phi) is 6.06. The third-order valence-electron chi connectivity index (χ3n) is 6.21. The molecule has 1 aromatic carbocycles. The second-order valence-corrected chi connectivity index (χ2v) is 7.99. The van der Waals surface area contributed by atoms with Crippen LogP contribution in [0.4, 0.5) is 0 Å². The van der Waals surface area contributed by atoms with Crippen molar-refractivity contribution in [3.8, 4) is 5.75 Å². The van der Waals surface area contributed by atoms with E-state index in [0.29, 0.717) is 32.2 Å². The highest BCUT2D eigenvalue weighted by molar-refractivity contribution is 6.06. The monoisotopic (exact) mass is 410 g/mol. The molecule has 7 nitrogen and oxygen atoms in total. The molecule has 1 aromatic rings. The van der Waals surface area contributed by atoms with Gasteiger partial charge in [0.05, 0.1) is 25.0 Å². The molecule has 2 fully saturated rings. The molecule has 1 aliphatic heterocycles. The van der Waals surface area contributed by atoms with E-state index in [-0.39, 0.29) is 35.5 Å². The number of allylic oxidation sites excluding steroid dienone is 2. The number of imide groups is 1. The second-order valence-electron chi connectivity index (χ2n) is 7.99. The molecule has 0 radical (unpaired) electrons. The van der Waals surface area contributed by atoms with E-state index in [2.05, 4.69) is 27.8 Å². The number of hydrogen-bond acceptors (Lipinski definition) is 4. The number of rotatable bonds is 8. The fourth-order valence-electron chi connectivity index (χ4n) is 4.91. The molecule has 4 rings (SSSR count). The van der Waals surface area contributed by atoms with Gasteiger partial charge in [0.1, 0.15) is 5.75 Å². The summed E-state index contributed by atoms with van der Waals surface area (Å²) in [5.74, 6) is 1.71. The van der Waals surface area contributed by atoms with Crippen molar-refractivity contribution < 1.29 is 14.3 Å². The van der Waals surface area contributed by atoms with Crippen molar-refractivity contribution >= 4 is 17.8 Å². The molecule has 2 N–H and O–H groups in total. The van der Waals surface area contributed by atoms with Crippen LogP contribution in [-0.4, -0.2) is 48.9 Å². The average molecular weight is 411 g/mol. The average Bonchev–Trinajstić information content (AvgIpc) is 3.43. The van der Waals surface area contributed by atoms with Crippen LogP contribution in [0.25, 0.3) is 0 Å². The molecule has 2 aliphatic carbocycles. The number of likely N-dealkylation sites (tertiary alicyclic amines) is 1. The lowest BCUT2D eigenvalue weighted by Gasteiger charge is -2.18. The summed E-state index contributed by atoms with van der Waals surface area (Å²) in [6.07, 6.45) is 5.20. The van der Waals surface area contributed by atoms with E-state index in [1.54, 1.807) is 0 Å². The van der Waals surface area contributed by atoms with Gasteiger partial charge in [0.15, 0.2) is 5.96 Å². The Balaban J connectivity index is 1.34. The van der Waals surface area contributed by atoms with Crippen LogP contribution < -0.4 is 15.4 Å². The van der Waals surface area contributed by atoms with Crippen LogP contribution in [0, 0.1) is 23.7 Å². The Morgan fingerprint density at radius 3 is 2.47 bits per heavy atom. The molecule has 1 saturated heterocycles. The number of nitrogens with one attached hydrogen (secondary N) is 2. The van der Waals surface area contributed by atoms with Gasteiger partial charge in [-0.1, -0.05) is 30.4 Å². The fraction of sp³-hybridized carbons (Fsp3) is 0.522. The Morgan fingerprint density at radius 1 is 1.10 bits per heavy atom. The van der Waals surface area contributed by atoms with Crippen LogP contribution in [-0.2, 0) is 16.1 Å². The first kappa shape index (κ1) is 20.4. The maximum atomic E-state index is 12.8. The SMILES string of the molecule is CCNC(=NCc1ccccc1OCC)NCCN1C(=O)C2C3C=CC(C3)C2C1=O. The number of aliphatic imine (C=N–C) groups is 1. The molecule has 0 aromatic heterocycles. The summed E-state index contributed by atoms with van der Waals surface area (Å²) in [5.41, 5.74) is 1.01. The van der Waals surface area contributed by atoms with Crippen molar-refractivity contribution in [2.24, 2.45) is 28.7 Å². The summed E-state index contributed by atoms with van der Waals surface area (Å²) >= 11 is 0. The molecule has 1 saturated carbocycles. The van der Waals surface area contributed by atoms with Gasteiger partial charge in [0.25, 0.3) is 0 Å². The Hall–Kier alpha value is -2.83. The zero-order chi connectivity index (χ0) is 21.1. The molecule has 3 aliphatic rings. The highest BCUT2D eigenvalue weighted by Crippen LogP contribution is 2.52. The predicted octanol–water partition coefficient (Wildman–Crippen LogP) is 1.95. The van der Waals surface area contributed by atoms with Crippen LogP contribution in [0.15, 0.2) is 41.4 Å². The summed E-state index contributed by atoms with van der Waals surface area (Å²) in [6, 6.07) is 7.86. The molecule has 1 heterocycles. The number of para-hydroxylation sites is 1. The van der Waals surface area contributed by atoms with Crippen molar-refractivity contribution in [3.63, 3.8) is 0 Å². The highest BCUT2D eigenvalue weighted by atomic mass is 16.5. The van der Waals surface area contributed by atoms with E-state index in [0.717, 1.165) is 24.3 Å². The van der Waals surface area contributed by atoms with Crippen molar-refractivity contribution in [1.82, 2.24) is 15.5 Å². The van der Waals surface area contributed by atoms with Gasteiger partial charge in [-0.25, -0.2) is 4.99 Å². The fourth-order valence-corrected chi connectivity index (χ4v) is 4.91. The number of nitrogens with zero attached hydrogens (tertiary/aromatic N) is 2. The lowest BCUT2D eigenvalue weighted by molar-refractivity contribution is -0.140. The van der Waals surface area contributed by atoms with Crippen LogP contribution in [0.2, 0.25) is 0 Å². The van der Waals surface area contributed by atoms with Crippen LogP contribution in [0.3, 0.4) is 0 Å². The maximum absolute atomic E-state index is 12.8. The minimum atomic E-state index is -0.135. The third kappa shape index (κ3) is 3.80. The first-order valence-corrected chi connectivity index (χ1v) is 10.9. The zero-order valence-corrected chi connectivity index (χ0v) is 17.6. The van der Waals surface area contributed by atoms with Crippen LogP contribution in [0.1, 0.15) is 25.8 Å². The maximum Gasteiger partial charge on any atom is 0.233 e. The normalized spacial score (nSPS) is 27.0. The topological polar surface area (TPSA) is 83.0 Å². The molecule has 2 amide bonds. The molecule has 4 atom stereocenters. The van der Waals surface area contributed by atoms with E-state index in [1.807, 2.05) is 38.1 Å². The highest BCUT2D eigenvalue weighted by Gasteiger charge is 2.58. The van der Waals surface area contributed by atoms with Gasteiger partial charge in [0.2, 0.25) is 11.8 Å². The van der Waals surface area contributed by atoms with E-state index >= 15 is 0 Å². The van der Waals surface area contributed by atoms with Gasteiger partial charge in [-0.2, -0.15) is 0 Å². The number of hydrogen-bond donors (Lipinski definition) is 2. The van der Waals surface area contributed by atoms with Crippen LogP contribution >= 0.6 is 0 Å². The molecule has 2 bridgehead atoms. The number of amides is 2.